The fourth-order valence-corrected chi connectivity index (χ4v) is 3.17. The highest BCUT2D eigenvalue weighted by atomic mass is 35.5. The van der Waals surface area contributed by atoms with Crippen LogP contribution in [-0.2, 0) is 6.42 Å². The minimum absolute atomic E-state index is 0.372. The van der Waals surface area contributed by atoms with Crippen molar-refractivity contribution in [3.8, 4) is 5.75 Å². The fraction of sp³-hybridized carbons (Fsp3) is 0.600. The first-order chi connectivity index (χ1) is 8.29. The summed E-state index contributed by atoms with van der Waals surface area (Å²) in [6.07, 6.45) is 7.36. The smallest absolute Gasteiger partial charge is 0.122 e. The van der Waals surface area contributed by atoms with Crippen LogP contribution in [0.5, 0.6) is 5.75 Å². The molecule has 0 aromatic heterocycles. The zero-order valence-electron chi connectivity index (χ0n) is 10.5. The molecular weight excluding hydrogens is 232 g/mol. The van der Waals surface area contributed by atoms with Gasteiger partial charge >= 0.3 is 0 Å². The summed E-state index contributed by atoms with van der Waals surface area (Å²) in [5, 5.41) is 0.372. The van der Waals surface area contributed by atoms with Gasteiger partial charge in [0, 0.05) is 5.38 Å². The molecule has 2 heteroatoms. The van der Waals surface area contributed by atoms with Gasteiger partial charge in [-0.25, -0.2) is 0 Å². The Kier molecular flexibility index (Phi) is 4.73. The summed E-state index contributed by atoms with van der Waals surface area (Å²) in [5.41, 5.74) is 1.32. The summed E-state index contributed by atoms with van der Waals surface area (Å²) >= 11 is 6.32. The van der Waals surface area contributed by atoms with E-state index in [1.165, 1.54) is 31.2 Å². The molecule has 2 rings (SSSR count). The quantitative estimate of drug-likeness (QED) is 0.571. The van der Waals surface area contributed by atoms with E-state index in [1.54, 1.807) is 7.11 Å². The van der Waals surface area contributed by atoms with Crippen molar-refractivity contribution in [3.05, 3.63) is 29.8 Å². The maximum Gasteiger partial charge on any atom is 0.122 e. The molecule has 0 amide bonds. The molecule has 17 heavy (non-hydrogen) atoms. The van der Waals surface area contributed by atoms with Crippen molar-refractivity contribution in [2.24, 2.45) is 5.92 Å². The Balaban J connectivity index is 2.03. The standard InChI is InChI=1S/C15H21ClO/c1-17-15-9-5-3-7-13(15)10-12-6-2-4-8-14(16)11-12/h3,5,7,9,12,14H,2,4,6,8,10-11H2,1H3. The molecular formula is C15H21ClO. The zero-order chi connectivity index (χ0) is 12.1. The monoisotopic (exact) mass is 252 g/mol. The molecule has 0 bridgehead atoms. The summed E-state index contributed by atoms with van der Waals surface area (Å²) in [4.78, 5) is 0. The summed E-state index contributed by atoms with van der Waals surface area (Å²) < 4.78 is 5.41. The van der Waals surface area contributed by atoms with Crippen molar-refractivity contribution in [2.75, 3.05) is 7.11 Å². The van der Waals surface area contributed by atoms with E-state index in [0.717, 1.165) is 24.5 Å². The third-order valence-electron chi connectivity index (χ3n) is 3.67. The van der Waals surface area contributed by atoms with Crippen LogP contribution in [0.2, 0.25) is 0 Å². The number of halogens is 1. The lowest BCUT2D eigenvalue weighted by Gasteiger charge is -2.17. The second kappa shape index (κ2) is 6.30. The molecule has 2 unspecified atom stereocenters. The largest absolute Gasteiger partial charge is 0.496 e. The highest BCUT2D eigenvalue weighted by molar-refractivity contribution is 6.20. The summed E-state index contributed by atoms with van der Waals surface area (Å²) in [5.74, 6) is 1.74. The molecule has 0 radical (unpaired) electrons. The maximum absolute atomic E-state index is 6.32. The summed E-state index contributed by atoms with van der Waals surface area (Å²) in [6, 6.07) is 8.34. The van der Waals surface area contributed by atoms with Crippen molar-refractivity contribution in [1.82, 2.24) is 0 Å². The van der Waals surface area contributed by atoms with E-state index < -0.39 is 0 Å². The zero-order valence-corrected chi connectivity index (χ0v) is 11.2. The Morgan fingerprint density at radius 1 is 1.24 bits per heavy atom. The van der Waals surface area contributed by atoms with Crippen LogP contribution in [0.1, 0.15) is 37.7 Å². The normalized spacial score (nSPS) is 25.3. The maximum atomic E-state index is 6.32. The number of para-hydroxylation sites is 1. The Morgan fingerprint density at radius 2 is 2.00 bits per heavy atom. The van der Waals surface area contributed by atoms with E-state index in [9.17, 15) is 0 Å². The molecule has 2 atom stereocenters. The first-order valence-corrected chi connectivity index (χ1v) is 6.99. The number of rotatable bonds is 3. The van der Waals surface area contributed by atoms with Gasteiger partial charge in [0.05, 0.1) is 7.11 Å². The molecule has 0 N–H and O–H groups in total. The van der Waals surface area contributed by atoms with Gasteiger partial charge in [-0.05, 0) is 36.8 Å². The first-order valence-electron chi connectivity index (χ1n) is 6.55. The van der Waals surface area contributed by atoms with Crippen LogP contribution in [0.3, 0.4) is 0 Å². The Morgan fingerprint density at radius 3 is 2.82 bits per heavy atom. The van der Waals surface area contributed by atoms with Gasteiger partial charge in [0.15, 0.2) is 0 Å². The third-order valence-corrected chi connectivity index (χ3v) is 4.07. The minimum Gasteiger partial charge on any atom is -0.496 e. The molecule has 0 spiro atoms. The second-order valence-electron chi connectivity index (χ2n) is 5.00. The van der Waals surface area contributed by atoms with Gasteiger partial charge in [-0.1, -0.05) is 37.5 Å². The highest BCUT2D eigenvalue weighted by Crippen LogP contribution is 2.31. The number of hydrogen-bond donors (Lipinski definition) is 0. The predicted molar refractivity (Wildman–Crippen MR) is 72.9 cm³/mol. The molecule has 1 aliphatic carbocycles. The van der Waals surface area contributed by atoms with E-state index in [4.69, 9.17) is 16.3 Å². The molecule has 0 saturated heterocycles. The molecule has 0 aliphatic heterocycles. The van der Waals surface area contributed by atoms with Gasteiger partial charge < -0.3 is 4.74 Å². The number of benzene rings is 1. The Labute approximate surface area is 109 Å². The summed E-state index contributed by atoms with van der Waals surface area (Å²) in [7, 11) is 1.75. The topological polar surface area (TPSA) is 9.23 Å². The fourth-order valence-electron chi connectivity index (χ4n) is 2.76. The van der Waals surface area contributed by atoms with Gasteiger partial charge in [-0.3, -0.25) is 0 Å². The van der Waals surface area contributed by atoms with Crippen LogP contribution in [0.4, 0.5) is 0 Å². The van der Waals surface area contributed by atoms with E-state index in [2.05, 4.69) is 12.1 Å². The lowest BCUT2D eigenvalue weighted by atomic mass is 9.92. The number of methoxy groups -OCH3 is 1. The Bertz CT molecular complexity index is 351. The predicted octanol–water partition coefficient (Wildman–Crippen LogP) is 4.43. The van der Waals surface area contributed by atoms with Crippen molar-refractivity contribution in [3.63, 3.8) is 0 Å². The Hall–Kier alpha value is -0.690. The van der Waals surface area contributed by atoms with Crippen LogP contribution < -0.4 is 4.74 Å². The van der Waals surface area contributed by atoms with Crippen LogP contribution in [-0.4, -0.2) is 12.5 Å². The van der Waals surface area contributed by atoms with Crippen LogP contribution >= 0.6 is 11.6 Å². The number of hydrogen-bond acceptors (Lipinski definition) is 1. The average Bonchev–Trinajstić information content (AvgIpc) is 2.54. The van der Waals surface area contributed by atoms with Crippen molar-refractivity contribution in [2.45, 2.75) is 43.9 Å². The summed E-state index contributed by atoms with van der Waals surface area (Å²) in [6.45, 7) is 0. The van der Waals surface area contributed by atoms with Crippen molar-refractivity contribution < 1.29 is 4.74 Å². The van der Waals surface area contributed by atoms with Gasteiger partial charge in [0.2, 0.25) is 0 Å². The van der Waals surface area contributed by atoms with E-state index >= 15 is 0 Å². The minimum atomic E-state index is 0.372. The van der Waals surface area contributed by atoms with Crippen LogP contribution in [0.15, 0.2) is 24.3 Å². The molecule has 1 nitrogen and oxygen atoms in total. The second-order valence-corrected chi connectivity index (χ2v) is 5.62. The molecule has 1 aromatic carbocycles. The van der Waals surface area contributed by atoms with Crippen molar-refractivity contribution >= 4 is 11.6 Å². The molecule has 1 aliphatic rings. The lowest BCUT2D eigenvalue weighted by molar-refractivity contribution is 0.397. The SMILES string of the molecule is COc1ccccc1CC1CCCCC(Cl)C1. The van der Waals surface area contributed by atoms with Gasteiger partial charge in [-0.2, -0.15) is 0 Å². The van der Waals surface area contributed by atoms with Gasteiger partial charge in [0.1, 0.15) is 5.75 Å². The van der Waals surface area contributed by atoms with Gasteiger partial charge in [-0.15, -0.1) is 11.6 Å². The third kappa shape index (κ3) is 3.64. The lowest BCUT2D eigenvalue weighted by Crippen LogP contribution is -2.09. The molecule has 94 valence electrons. The highest BCUT2D eigenvalue weighted by Gasteiger charge is 2.19. The van der Waals surface area contributed by atoms with E-state index in [-0.39, 0.29) is 0 Å². The average molecular weight is 253 g/mol. The molecule has 1 fully saturated rings. The number of alkyl halides is 1. The van der Waals surface area contributed by atoms with E-state index in [0.29, 0.717) is 5.38 Å². The van der Waals surface area contributed by atoms with E-state index in [1.807, 2.05) is 12.1 Å². The van der Waals surface area contributed by atoms with Crippen LogP contribution in [0.25, 0.3) is 0 Å². The van der Waals surface area contributed by atoms with Gasteiger partial charge in [0.25, 0.3) is 0 Å². The van der Waals surface area contributed by atoms with Crippen molar-refractivity contribution in [1.29, 1.82) is 0 Å². The number of ether oxygens (including phenoxy) is 1. The van der Waals surface area contributed by atoms with Crippen LogP contribution in [0, 0.1) is 5.92 Å². The molecule has 1 saturated carbocycles. The molecule has 1 aromatic rings. The molecule has 0 heterocycles. The first kappa shape index (κ1) is 12.8.